The Morgan fingerprint density at radius 3 is 2.86 bits per heavy atom. The van der Waals surface area contributed by atoms with E-state index in [4.69, 9.17) is 20.9 Å². The number of amides is 1. The van der Waals surface area contributed by atoms with Crippen LogP contribution in [0.2, 0.25) is 5.02 Å². The highest BCUT2D eigenvalue weighted by molar-refractivity contribution is 6.30. The van der Waals surface area contributed by atoms with Gasteiger partial charge in [-0.3, -0.25) is 10.1 Å². The normalized spacial score (nSPS) is 18.1. The molecule has 5 nitrogen and oxygen atoms in total. The highest BCUT2D eigenvalue weighted by atomic mass is 35.5. The fourth-order valence-corrected chi connectivity index (χ4v) is 2.58. The summed E-state index contributed by atoms with van der Waals surface area (Å²) in [7, 11) is 0. The Morgan fingerprint density at radius 1 is 1.32 bits per heavy atom. The molecule has 6 heteroatoms. The maximum atomic E-state index is 12.0. The van der Waals surface area contributed by atoms with Gasteiger partial charge in [-0.25, -0.2) is 0 Å². The molecule has 2 heterocycles. The lowest BCUT2D eigenvalue weighted by atomic mass is 10.1. The third-order valence-corrected chi connectivity index (χ3v) is 3.85. The number of benzene rings is 1. The van der Waals surface area contributed by atoms with E-state index in [-0.39, 0.29) is 12.0 Å². The minimum Gasteiger partial charge on any atom is -0.378 e. The summed E-state index contributed by atoms with van der Waals surface area (Å²) in [5, 5.41) is 7.33. The number of hydrogen-bond acceptors (Lipinski definition) is 4. The number of carbonyl (C=O) groups is 1. The van der Waals surface area contributed by atoms with Crippen molar-refractivity contribution in [3.8, 4) is 11.3 Å². The molecular formula is C16H17ClN2O3. The van der Waals surface area contributed by atoms with E-state index in [1.54, 1.807) is 18.2 Å². The Hall–Kier alpha value is -1.85. The molecule has 0 radical (unpaired) electrons. The number of nitrogens with zero attached hydrogens (tertiary/aromatic N) is 1. The van der Waals surface area contributed by atoms with Crippen LogP contribution >= 0.6 is 11.6 Å². The lowest BCUT2D eigenvalue weighted by Gasteiger charge is -2.21. The van der Waals surface area contributed by atoms with Gasteiger partial charge in [0.15, 0.2) is 0 Å². The largest absolute Gasteiger partial charge is 0.378 e. The first-order valence-electron chi connectivity index (χ1n) is 7.35. The molecule has 2 aromatic rings. The molecule has 1 aromatic heterocycles. The molecule has 0 bridgehead atoms. The molecule has 1 atom stereocenters. The predicted molar refractivity (Wildman–Crippen MR) is 83.8 cm³/mol. The average Bonchev–Trinajstić information content (AvgIpc) is 2.97. The summed E-state index contributed by atoms with van der Waals surface area (Å²) in [5.74, 6) is 0.219. The van der Waals surface area contributed by atoms with Gasteiger partial charge in [0.25, 0.3) is 0 Å². The Balaban J connectivity index is 1.59. The summed E-state index contributed by atoms with van der Waals surface area (Å²) in [6.45, 7) is 0.737. The van der Waals surface area contributed by atoms with Gasteiger partial charge in [-0.1, -0.05) is 28.9 Å². The number of hydrogen-bond donors (Lipinski definition) is 1. The first-order valence-corrected chi connectivity index (χ1v) is 7.72. The first kappa shape index (κ1) is 15.1. The van der Waals surface area contributed by atoms with E-state index in [1.807, 2.05) is 12.1 Å². The van der Waals surface area contributed by atoms with Crippen LogP contribution in [0, 0.1) is 0 Å². The van der Waals surface area contributed by atoms with E-state index in [1.165, 1.54) is 0 Å². The zero-order chi connectivity index (χ0) is 15.4. The van der Waals surface area contributed by atoms with Crippen molar-refractivity contribution in [1.29, 1.82) is 0 Å². The second kappa shape index (κ2) is 6.94. The van der Waals surface area contributed by atoms with E-state index < -0.39 is 0 Å². The zero-order valence-electron chi connectivity index (χ0n) is 12.0. The highest BCUT2D eigenvalue weighted by Gasteiger charge is 2.18. The summed E-state index contributed by atoms with van der Waals surface area (Å²) in [5.41, 5.74) is 1.53. The fourth-order valence-electron chi connectivity index (χ4n) is 2.45. The lowest BCUT2D eigenvalue weighted by Crippen LogP contribution is -2.25. The number of ether oxygens (including phenoxy) is 1. The molecule has 116 valence electrons. The minimum atomic E-state index is -0.120. The van der Waals surface area contributed by atoms with Gasteiger partial charge < -0.3 is 9.26 Å². The van der Waals surface area contributed by atoms with Crippen molar-refractivity contribution in [2.45, 2.75) is 31.8 Å². The van der Waals surface area contributed by atoms with Crippen molar-refractivity contribution in [3.05, 3.63) is 35.4 Å². The molecule has 3 rings (SSSR count). The summed E-state index contributed by atoms with van der Waals surface area (Å²) in [6.07, 6.45) is 3.47. The van der Waals surface area contributed by atoms with E-state index in [0.29, 0.717) is 23.0 Å². The van der Waals surface area contributed by atoms with E-state index in [0.717, 1.165) is 31.4 Å². The van der Waals surface area contributed by atoms with Gasteiger partial charge in [0.05, 0.1) is 12.5 Å². The Labute approximate surface area is 133 Å². The van der Waals surface area contributed by atoms with Gasteiger partial charge in [0.1, 0.15) is 5.69 Å². The number of carbonyl (C=O) groups excluding carboxylic acids is 1. The van der Waals surface area contributed by atoms with Gasteiger partial charge in [0.2, 0.25) is 11.8 Å². The number of anilines is 1. The van der Waals surface area contributed by atoms with Crippen molar-refractivity contribution >= 4 is 23.4 Å². The smallest absolute Gasteiger partial charge is 0.231 e. The minimum absolute atomic E-state index is 0.00686. The summed E-state index contributed by atoms with van der Waals surface area (Å²) in [6, 6.07) is 8.96. The van der Waals surface area contributed by atoms with E-state index in [2.05, 4.69) is 10.5 Å². The van der Waals surface area contributed by atoms with Crippen LogP contribution in [0.3, 0.4) is 0 Å². The van der Waals surface area contributed by atoms with Crippen LogP contribution in [0.5, 0.6) is 0 Å². The monoisotopic (exact) mass is 320 g/mol. The molecule has 1 fully saturated rings. The predicted octanol–water partition coefficient (Wildman–Crippen LogP) is 3.89. The van der Waals surface area contributed by atoms with Crippen LogP contribution in [0.25, 0.3) is 11.3 Å². The molecule has 0 aliphatic carbocycles. The Bertz CT molecular complexity index is 633. The van der Waals surface area contributed by atoms with Crippen LogP contribution in [-0.4, -0.2) is 23.8 Å². The maximum absolute atomic E-state index is 12.0. The van der Waals surface area contributed by atoms with Gasteiger partial charge >= 0.3 is 0 Å². The number of aromatic nitrogens is 1. The number of nitrogens with one attached hydrogen (secondary N) is 1. The second-order valence-electron chi connectivity index (χ2n) is 5.32. The topological polar surface area (TPSA) is 64.4 Å². The second-order valence-corrected chi connectivity index (χ2v) is 5.76. The quantitative estimate of drug-likeness (QED) is 0.928. The Kier molecular flexibility index (Phi) is 4.75. The van der Waals surface area contributed by atoms with Gasteiger partial charge in [-0.05, 0) is 31.4 Å². The van der Waals surface area contributed by atoms with Crippen molar-refractivity contribution in [2.75, 3.05) is 11.9 Å². The van der Waals surface area contributed by atoms with E-state index in [9.17, 15) is 4.79 Å². The number of halogens is 1. The molecule has 0 saturated carbocycles. The molecule has 1 aromatic carbocycles. The lowest BCUT2D eigenvalue weighted by molar-refractivity contribution is -0.120. The van der Waals surface area contributed by atoms with Crippen LogP contribution < -0.4 is 5.32 Å². The SMILES string of the molecule is O=C(CC1CCCCO1)Nc1cc(-c2ccc(Cl)cc2)no1. The molecular weight excluding hydrogens is 304 g/mol. The van der Waals surface area contributed by atoms with Gasteiger partial charge in [-0.15, -0.1) is 0 Å². The number of rotatable bonds is 4. The molecule has 0 spiro atoms. The zero-order valence-corrected chi connectivity index (χ0v) is 12.8. The summed E-state index contributed by atoms with van der Waals surface area (Å²) in [4.78, 5) is 12.0. The summed E-state index contributed by atoms with van der Waals surface area (Å²) >= 11 is 5.85. The van der Waals surface area contributed by atoms with Crippen LogP contribution in [0.15, 0.2) is 34.9 Å². The third kappa shape index (κ3) is 3.87. The van der Waals surface area contributed by atoms with Crippen LogP contribution in [0.1, 0.15) is 25.7 Å². The molecule has 1 aliphatic rings. The third-order valence-electron chi connectivity index (χ3n) is 3.60. The molecule has 1 amide bonds. The maximum Gasteiger partial charge on any atom is 0.231 e. The van der Waals surface area contributed by atoms with Crippen molar-refractivity contribution in [1.82, 2.24) is 5.16 Å². The first-order chi connectivity index (χ1) is 10.7. The standard InChI is InChI=1S/C16H17ClN2O3/c17-12-6-4-11(5-7-12)14-10-16(22-19-14)18-15(20)9-13-3-1-2-8-21-13/h4-7,10,13H,1-3,8-9H2,(H,18,20). The fraction of sp³-hybridized carbons (Fsp3) is 0.375. The Morgan fingerprint density at radius 2 is 2.14 bits per heavy atom. The molecule has 22 heavy (non-hydrogen) atoms. The van der Waals surface area contributed by atoms with Gasteiger partial charge in [-0.2, -0.15) is 0 Å². The van der Waals surface area contributed by atoms with Gasteiger partial charge in [0, 0.05) is 23.3 Å². The van der Waals surface area contributed by atoms with Crippen LogP contribution in [0.4, 0.5) is 5.88 Å². The van der Waals surface area contributed by atoms with Crippen molar-refractivity contribution < 1.29 is 14.1 Å². The average molecular weight is 321 g/mol. The van der Waals surface area contributed by atoms with E-state index >= 15 is 0 Å². The highest BCUT2D eigenvalue weighted by Crippen LogP contribution is 2.23. The summed E-state index contributed by atoms with van der Waals surface area (Å²) < 4.78 is 10.7. The van der Waals surface area contributed by atoms with Crippen molar-refractivity contribution in [3.63, 3.8) is 0 Å². The molecule has 1 N–H and O–H groups in total. The molecule has 1 unspecified atom stereocenters. The van der Waals surface area contributed by atoms with Crippen molar-refractivity contribution in [2.24, 2.45) is 0 Å². The molecule has 1 aliphatic heterocycles. The van der Waals surface area contributed by atoms with Crippen LogP contribution in [-0.2, 0) is 9.53 Å². The molecule has 1 saturated heterocycles.